The number of carbonyl (C=O) groups excluding carboxylic acids is 2. The largest absolute Gasteiger partial charge is 2.00 e. The average molecular weight is 818 g/mol. The third kappa shape index (κ3) is 62.9. The van der Waals surface area contributed by atoms with Crippen LogP contribution in [0.4, 0.5) is 0 Å². The summed E-state index contributed by atoms with van der Waals surface area (Å²) in [4.78, 5) is 20.6. The van der Waals surface area contributed by atoms with Gasteiger partial charge in [0, 0.05) is 11.9 Å². The number of hydrogen-bond donors (Lipinski definition) is 0. The summed E-state index contributed by atoms with van der Waals surface area (Å²) < 4.78 is 0. The second kappa shape index (κ2) is 55.6. The molecule has 0 atom stereocenters. The summed E-state index contributed by atoms with van der Waals surface area (Å²) in [6.07, 6.45) is 60.4. The Labute approximate surface area is 356 Å². The molecule has 0 saturated heterocycles. The van der Waals surface area contributed by atoms with E-state index in [1.54, 1.807) is 0 Å². The number of unbranched alkanes of at least 4 members (excludes halogenated alkanes) is 42. The third-order valence-electron chi connectivity index (χ3n) is 11.5. The van der Waals surface area contributed by atoms with Gasteiger partial charge in [0.2, 0.25) is 0 Å². The molecule has 55 heavy (non-hydrogen) atoms. The summed E-state index contributed by atoms with van der Waals surface area (Å²) in [6, 6.07) is 0. The van der Waals surface area contributed by atoms with E-state index in [-0.39, 0.29) is 29.9 Å². The topological polar surface area (TPSA) is 80.3 Å². The van der Waals surface area contributed by atoms with Crippen LogP contribution in [-0.2, 0) is 26.7 Å². The average Bonchev–Trinajstić information content (AvgIpc) is 3.15. The molecule has 0 rings (SSSR count). The number of hydrogen-bond acceptors (Lipinski definition) is 4. The van der Waals surface area contributed by atoms with E-state index >= 15 is 0 Å². The van der Waals surface area contributed by atoms with Crippen molar-refractivity contribution in [2.45, 2.75) is 309 Å². The molecule has 0 unspecified atom stereocenters. The second-order valence-electron chi connectivity index (χ2n) is 17.1. The van der Waals surface area contributed by atoms with E-state index < -0.39 is 11.9 Å². The fourth-order valence-corrected chi connectivity index (χ4v) is 7.76. The molecule has 0 spiro atoms. The molecule has 1 radical (unpaired) electrons. The maximum Gasteiger partial charge on any atom is 2.00 e. The fourth-order valence-electron chi connectivity index (χ4n) is 7.76. The molecule has 5 heteroatoms. The van der Waals surface area contributed by atoms with E-state index in [9.17, 15) is 19.8 Å². The number of carbonyl (C=O) groups is 2. The van der Waals surface area contributed by atoms with Crippen molar-refractivity contribution in [3.05, 3.63) is 0 Å². The quantitative estimate of drug-likeness (QED) is 0.0453. The van der Waals surface area contributed by atoms with Crippen LogP contribution in [0.15, 0.2) is 0 Å². The van der Waals surface area contributed by atoms with Gasteiger partial charge in [0.05, 0.1) is 0 Å². The molecular formula is C50H98MnO4. The van der Waals surface area contributed by atoms with E-state index in [1.807, 2.05) is 0 Å². The molecule has 0 N–H and O–H groups in total. The summed E-state index contributed by atoms with van der Waals surface area (Å²) in [5.74, 6) is -1.80. The molecule has 0 aromatic rings. The van der Waals surface area contributed by atoms with Gasteiger partial charge in [-0.15, -0.1) is 0 Å². The minimum absolute atomic E-state index is 0. The second-order valence-corrected chi connectivity index (χ2v) is 17.1. The van der Waals surface area contributed by atoms with Crippen LogP contribution in [0.2, 0.25) is 0 Å². The number of carboxylic acid groups (broad SMARTS) is 2. The molecule has 0 bridgehead atoms. The summed E-state index contributed by atoms with van der Waals surface area (Å²) in [5, 5.41) is 20.6. The van der Waals surface area contributed by atoms with Gasteiger partial charge in [0.1, 0.15) is 0 Å². The molecule has 0 aliphatic rings. The van der Waals surface area contributed by atoms with Gasteiger partial charge < -0.3 is 19.8 Å². The first-order chi connectivity index (χ1) is 26.5. The first-order valence-electron chi connectivity index (χ1n) is 24.9. The van der Waals surface area contributed by atoms with Crippen molar-refractivity contribution in [1.82, 2.24) is 0 Å². The molecule has 0 aliphatic heterocycles. The van der Waals surface area contributed by atoms with Crippen LogP contribution in [0.1, 0.15) is 309 Å². The Kier molecular flexibility index (Phi) is 59.4. The molecule has 0 aromatic heterocycles. The van der Waals surface area contributed by atoms with Crippen molar-refractivity contribution >= 4 is 11.9 Å². The number of aliphatic carboxylic acids is 2. The van der Waals surface area contributed by atoms with E-state index in [4.69, 9.17) is 0 Å². The molecule has 329 valence electrons. The summed E-state index contributed by atoms with van der Waals surface area (Å²) in [7, 11) is 0. The van der Waals surface area contributed by atoms with Crippen LogP contribution < -0.4 is 10.2 Å². The van der Waals surface area contributed by atoms with Crippen LogP contribution in [-0.4, -0.2) is 11.9 Å². The predicted octanol–water partition coefficient (Wildman–Crippen LogP) is 15.5. The Balaban J connectivity index is -0.000000966. The van der Waals surface area contributed by atoms with Crippen LogP contribution in [0.3, 0.4) is 0 Å². The molecule has 0 saturated carbocycles. The number of rotatable bonds is 46. The van der Waals surface area contributed by atoms with Crippen LogP contribution in [0.5, 0.6) is 0 Å². The zero-order valence-corrected chi connectivity index (χ0v) is 38.7. The monoisotopic (exact) mass is 818 g/mol. The Hall–Kier alpha value is -0.541. The third-order valence-corrected chi connectivity index (χ3v) is 11.5. The molecule has 4 nitrogen and oxygen atoms in total. The van der Waals surface area contributed by atoms with Gasteiger partial charge in [-0.25, -0.2) is 0 Å². The summed E-state index contributed by atoms with van der Waals surface area (Å²) >= 11 is 0. The standard InChI is InChI=1S/2C25H50O2.Mn/c2*1-2-3-4-5-6-7-8-9-10-11-12-13-14-15-16-17-18-19-20-21-22-23-24-25(26)27;/h2*2-24H2,1H3,(H,26,27);/q;;+2/p-2. The molecular weight excluding hydrogens is 719 g/mol. The Morgan fingerprint density at radius 1 is 0.236 bits per heavy atom. The molecule has 0 aliphatic carbocycles. The van der Waals surface area contributed by atoms with Crippen LogP contribution in [0.25, 0.3) is 0 Å². The maximum atomic E-state index is 10.3. The van der Waals surface area contributed by atoms with Crippen molar-refractivity contribution in [1.29, 1.82) is 0 Å². The Morgan fingerprint density at radius 3 is 0.455 bits per heavy atom. The fraction of sp³-hybridized carbons (Fsp3) is 0.960. The van der Waals surface area contributed by atoms with Crippen molar-refractivity contribution in [2.24, 2.45) is 0 Å². The van der Waals surface area contributed by atoms with Gasteiger partial charge >= 0.3 is 17.1 Å². The van der Waals surface area contributed by atoms with Gasteiger partial charge in [-0.3, -0.25) is 0 Å². The van der Waals surface area contributed by atoms with Crippen LogP contribution in [0, 0.1) is 0 Å². The normalized spacial score (nSPS) is 10.9. The van der Waals surface area contributed by atoms with E-state index in [1.165, 1.54) is 257 Å². The van der Waals surface area contributed by atoms with Crippen molar-refractivity contribution in [3.63, 3.8) is 0 Å². The predicted molar refractivity (Wildman–Crippen MR) is 234 cm³/mol. The minimum Gasteiger partial charge on any atom is -0.550 e. The van der Waals surface area contributed by atoms with E-state index in [0.29, 0.717) is 0 Å². The van der Waals surface area contributed by atoms with E-state index in [2.05, 4.69) is 13.8 Å². The van der Waals surface area contributed by atoms with Gasteiger partial charge in [-0.05, 0) is 25.7 Å². The van der Waals surface area contributed by atoms with Crippen LogP contribution >= 0.6 is 0 Å². The maximum absolute atomic E-state index is 10.3. The minimum atomic E-state index is -0.900. The summed E-state index contributed by atoms with van der Waals surface area (Å²) in [6.45, 7) is 4.58. The van der Waals surface area contributed by atoms with E-state index in [0.717, 1.165) is 25.7 Å². The Morgan fingerprint density at radius 2 is 0.345 bits per heavy atom. The first kappa shape index (κ1) is 58.8. The van der Waals surface area contributed by atoms with Gasteiger partial charge in [-0.1, -0.05) is 284 Å². The Bertz CT molecular complexity index is 641. The SMILES string of the molecule is CCCCCCCCCCCCCCCCCCCCCCCCC(=O)[O-].CCCCCCCCCCCCCCCCCCCCCCCCC(=O)[O-].[Mn+2]. The molecule has 0 amide bonds. The molecule has 0 fully saturated rings. The number of carboxylic acids is 2. The zero-order chi connectivity index (χ0) is 39.7. The van der Waals surface area contributed by atoms with Gasteiger partial charge in [0.15, 0.2) is 0 Å². The molecule has 0 heterocycles. The van der Waals surface area contributed by atoms with Gasteiger partial charge in [0.25, 0.3) is 0 Å². The van der Waals surface area contributed by atoms with Gasteiger partial charge in [-0.2, -0.15) is 0 Å². The first-order valence-corrected chi connectivity index (χ1v) is 24.9. The van der Waals surface area contributed by atoms with Crippen molar-refractivity contribution in [3.8, 4) is 0 Å². The smallest absolute Gasteiger partial charge is 0.550 e. The van der Waals surface area contributed by atoms with Crippen molar-refractivity contribution < 1.29 is 36.9 Å². The summed E-state index contributed by atoms with van der Waals surface area (Å²) in [5.41, 5.74) is 0. The molecule has 0 aromatic carbocycles. The zero-order valence-electron chi connectivity index (χ0n) is 37.5. The van der Waals surface area contributed by atoms with Crippen molar-refractivity contribution in [2.75, 3.05) is 0 Å².